The highest BCUT2D eigenvalue weighted by molar-refractivity contribution is 6.30. The number of hydrogen-bond donors (Lipinski definition) is 3. The van der Waals surface area contributed by atoms with E-state index in [1.54, 1.807) is 49.6 Å². The summed E-state index contributed by atoms with van der Waals surface area (Å²) in [5.74, 6) is 0.394. The first-order valence-corrected chi connectivity index (χ1v) is 9.29. The number of quaternary nitrogens is 1. The molecule has 0 fully saturated rings. The summed E-state index contributed by atoms with van der Waals surface area (Å²) >= 11 is 5.87. The number of carbonyl (C=O) groups excluding carboxylic acids is 1. The van der Waals surface area contributed by atoms with Gasteiger partial charge in [0.1, 0.15) is 13.1 Å². The molecule has 0 radical (unpaired) electrons. The number of nitrogens with one attached hydrogen (secondary N) is 3. The summed E-state index contributed by atoms with van der Waals surface area (Å²) in [7, 11) is 1.61. The third-order valence-electron chi connectivity index (χ3n) is 4.28. The van der Waals surface area contributed by atoms with Crippen molar-refractivity contribution < 1.29 is 14.4 Å². The van der Waals surface area contributed by atoms with Crippen LogP contribution in [0.25, 0.3) is 10.9 Å². The number of benzene rings is 2. The summed E-state index contributed by atoms with van der Waals surface area (Å²) < 4.78 is 5.16. The van der Waals surface area contributed by atoms with Gasteiger partial charge in [0.25, 0.3) is 11.5 Å². The average molecular weight is 402 g/mol. The van der Waals surface area contributed by atoms with Gasteiger partial charge < -0.3 is 19.9 Å². The standard InChI is InChI=1S/C20H21ClN4O3/c1-28-11-10-25(13-19(26)22-15-8-6-14(21)7-9-15)12-18-23-17-5-3-2-4-16(17)20(27)24-18/h2-9H,10-13H2,1H3,(H,22,26)(H,23,24,27)/p+1. The lowest BCUT2D eigenvalue weighted by Gasteiger charge is -2.18. The molecule has 2 aromatic carbocycles. The molecule has 1 aromatic heterocycles. The monoisotopic (exact) mass is 401 g/mol. The van der Waals surface area contributed by atoms with Crippen LogP contribution in [0.1, 0.15) is 5.82 Å². The van der Waals surface area contributed by atoms with Crippen LogP contribution in [0, 0.1) is 0 Å². The molecule has 0 aliphatic carbocycles. The van der Waals surface area contributed by atoms with E-state index in [-0.39, 0.29) is 18.0 Å². The van der Waals surface area contributed by atoms with Crippen molar-refractivity contribution in [3.8, 4) is 0 Å². The maximum Gasteiger partial charge on any atom is 0.279 e. The Balaban J connectivity index is 1.72. The van der Waals surface area contributed by atoms with Crippen molar-refractivity contribution in [2.24, 2.45) is 0 Å². The summed E-state index contributed by atoms with van der Waals surface area (Å²) in [4.78, 5) is 33.0. The van der Waals surface area contributed by atoms with E-state index < -0.39 is 0 Å². The van der Waals surface area contributed by atoms with E-state index >= 15 is 0 Å². The number of rotatable bonds is 8. The maximum atomic E-state index is 12.4. The zero-order chi connectivity index (χ0) is 19.9. The summed E-state index contributed by atoms with van der Waals surface area (Å²) in [6, 6.07) is 14.1. The van der Waals surface area contributed by atoms with Crippen molar-refractivity contribution in [2.45, 2.75) is 6.54 Å². The zero-order valence-corrected chi connectivity index (χ0v) is 16.3. The van der Waals surface area contributed by atoms with Crippen molar-refractivity contribution in [2.75, 3.05) is 32.1 Å². The lowest BCUT2D eigenvalue weighted by molar-refractivity contribution is -0.906. The molecule has 0 spiro atoms. The zero-order valence-electron chi connectivity index (χ0n) is 15.5. The predicted molar refractivity (Wildman–Crippen MR) is 109 cm³/mol. The molecule has 28 heavy (non-hydrogen) atoms. The SMILES string of the molecule is COCC[NH+](CC(=O)Nc1ccc(Cl)cc1)Cc1nc2ccccc2c(=O)[nH]1. The van der Waals surface area contributed by atoms with E-state index in [1.807, 2.05) is 6.07 Å². The first-order chi connectivity index (χ1) is 13.5. The number of amides is 1. The first kappa shape index (κ1) is 20.0. The van der Waals surface area contributed by atoms with Gasteiger partial charge in [-0.15, -0.1) is 0 Å². The van der Waals surface area contributed by atoms with Crippen LogP contribution in [-0.2, 0) is 16.1 Å². The summed E-state index contributed by atoms with van der Waals surface area (Å²) in [5, 5.41) is 4.01. The second-order valence-corrected chi connectivity index (χ2v) is 6.87. The van der Waals surface area contributed by atoms with Gasteiger partial charge in [-0.1, -0.05) is 23.7 Å². The summed E-state index contributed by atoms with van der Waals surface area (Å²) in [6.07, 6.45) is 0. The highest BCUT2D eigenvalue weighted by Crippen LogP contribution is 2.12. The maximum absolute atomic E-state index is 12.4. The average Bonchev–Trinajstić information content (AvgIpc) is 2.68. The minimum atomic E-state index is -0.183. The molecule has 0 saturated carbocycles. The molecule has 1 atom stereocenters. The Morgan fingerprint density at radius 1 is 1.21 bits per heavy atom. The topological polar surface area (TPSA) is 88.5 Å². The molecule has 146 valence electrons. The number of aromatic amines is 1. The third-order valence-corrected chi connectivity index (χ3v) is 4.53. The smallest absolute Gasteiger partial charge is 0.279 e. The molecule has 8 heteroatoms. The third kappa shape index (κ3) is 5.39. The van der Waals surface area contributed by atoms with Crippen molar-refractivity contribution in [1.29, 1.82) is 0 Å². The lowest BCUT2D eigenvalue weighted by atomic mass is 10.2. The van der Waals surface area contributed by atoms with E-state index in [0.717, 1.165) is 4.90 Å². The van der Waals surface area contributed by atoms with Crippen molar-refractivity contribution in [3.63, 3.8) is 0 Å². The van der Waals surface area contributed by atoms with E-state index in [2.05, 4.69) is 15.3 Å². The molecular weight excluding hydrogens is 380 g/mol. The molecule has 7 nitrogen and oxygen atoms in total. The van der Waals surface area contributed by atoms with Crippen LogP contribution in [-0.4, -0.2) is 42.7 Å². The number of carbonyl (C=O) groups is 1. The Kier molecular flexibility index (Phi) is 6.76. The second-order valence-electron chi connectivity index (χ2n) is 6.43. The van der Waals surface area contributed by atoms with E-state index in [1.165, 1.54) is 0 Å². The Hall–Kier alpha value is -2.74. The molecule has 1 unspecified atom stereocenters. The van der Waals surface area contributed by atoms with Gasteiger partial charge in [-0.2, -0.15) is 0 Å². The highest BCUT2D eigenvalue weighted by atomic mass is 35.5. The number of para-hydroxylation sites is 1. The number of methoxy groups -OCH3 is 1. The number of halogens is 1. The molecule has 0 saturated heterocycles. The Labute approximate surface area is 167 Å². The van der Waals surface area contributed by atoms with Crippen LogP contribution in [0.4, 0.5) is 5.69 Å². The van der Waals surface area contributed by atoms with Crippen LogP contribution < -0.4 is 15.8 Å². The fraction of sp³-hybridized carbons (Fsp3) is 0.250. The number of hydrogen-bond acceptors (Lipinski definition) is 4. The van der Waals surface area contributed by atoms with Crippen molar-refractivity contribution in [1.82, 2.24) is 9.97 Å². The largest absolute Gasteiger partial charge is 0.379 e. The molecule has 1 amide bonds. The van der Waals surface area contributed by atoms with Gasteiger partial charge in [-0.3, -0.25) is 9.59 Å². The fourth-order valence-electron chi connectivity index (χ4n) is 2.91. The van der Waals surface area contributed by atoms with Gasteiger partial charge in [0.05, 0.1) is 17.5 Å². The summed E-state index contributed by atoms with van der Waals surface area (Å²) in [5.41, 5.74) is 1.13. The number of ether oxygens (including phenoxy) is 1. The van der Waals surface area contributed by atoms with Gasteiger partial charge >= 0.3 is 0 Å². The minimum Gasteiger partial charge on any atom is -0.379 e. The quantitative estimate of drug-likeness (QED) is 0.530. The van der Waals surface area contributed by atoms with E-state index in [4.69, 9.17) is 16.3 Å². The number of anilines is 1. The molecule has 1 heterocycles. The van der Waals surface area contributed by atoms with Crippen LogP contribution in [0.15, 0.2) is 53.3 Å². The fourth-order valence-corrected chi connectivity index (χ4v) is 3.03. The Morgan fingerprint density at radius 3 is 2.71 bits per heavy atom. The normalized spacial score (nSPS) is 12.1. The number of nitrogens with zero attached hydrogens (tertiary/aromatic N) is 1. The van der Waals surface area contributed by atoms with Crippen molar-refractivity contribution in [3.05, 3.63) is 69.7 Å². The van der Waals surface area contributed by atoms with E-state index in [9.17, 15) is 9.59 Å². The van der Waals surface area contributed by atoms with Gasteiger partial charge in [0.15, 0.2) is 12.4 Å². The van der Waals surface area contributed by atoms with Gasteiger partial charge in [0.2, 0.25) is 0 Å². The predicted octanol–water partition coefficient (Wildman–Crippen LogP) is 1.25. The number of aromatic nitrogens is 2. The molecule has 3 rings (SSSR count). The molecule has 0 aliphatic heterocycles. The lowest BCUT2D eigenvalue weighted by Crippen LogP contribution is -3.12. The molecular formula is C20H22ClN4O3+. The van der Waals surface area contributed by atoms with Crippen LogP contribution in [0.5, 0.6) is 0 Å². The molecule has 0 aliphatic rings. The number of fused-ring (bicyclic) bond motifs is 1. The number of H-pyrrole nitrogens is 1. The summed E-state index contributed by atoms with van der Waals surface area (Å²) in [6.45, 7) is 1.70. The highest BCUT2D eigenvalue weighted by Gasteiger charge is 2.17. The Bertz CT molecular complexity index is 1000. The minimum absolute atomic E-state index is 0.142. The second kappa shape index (κ2) is 9.45. The van der Waals surface area contributed by atoms with Crippen LogP contribution in [0.3, 0.4) is 0 Å². The van der Waals surface area contributed by atoms with Gasteiger partial charge in [0, 0.05) is 17.8 Å². The van der Waals surface area contributed by atoms with Crippen LogP contribution in [0.2, 0.25) is 5.02 Å². The molecule has 0 bridgehead atoms. The van der Waals surface area contributed by atoms with Crippen molar-refractivity contribution >= 4 is 34.1 Å². The van der Waals surface area contributed by atoms with E-state index in [0.29, 0.717) is 47.1 Å². The Morgan fingerprint density at radius 2 is 1.96 bits per heavy atom. The first-order valence-electron chi connectivity index (χ1n) is 8.91. The molecule has 3 aromatic rings. The van der Waals surface area contributed by atoms with Crippen LogP contribution >= 0.6 is 11.6 Å². The van der Waals surface area contributed by atoms with Gasteiger partial charge in [-0.05, 0) is 36.4 Å². The van der Waals surface area contributed by atoms with Gasteiger partial charge in [-0.25, -0.2) is 4.98 Å². The molecule has 3 N–H and O–H groups in total.